The van der Waals surface area contributed by atoms with Crippen molar-refractivity contribution >= 4 is 11.9 Å². The minimum absolute atomic E-state index is 0.459. The zero-order valence-corrected chi connectivity index (χ0v) is 13.2. The van der Waals surface area contributed by atoms with E-state index in [9.17, 15) is 9.59 Å². The molecule has 3 atom stereocenters. The molecule has 0 radical (unpaired) electrons. The van der Waals surface area contributed by atoms with Gasteiger partial charge in [-0.2, -0.15) is 0 Å². The van der Waals surface area contributed by atoms with Gasteiger partial charge in [-0.05, 0) is 29.2 Å². The molecule has 3 rings (SSSR count). The molecule has 0 spiro atoms. The Hall–Kier alpha value is -2.66. The van der Waals surface area contributed by atoms with E-state index in [1.165, 1.54) is 6.92 Å². The second-order valence-corrected chi connectivity index (χ2v) is 5.90. The Balaban J connectivity index is 1.91. The maximum Gasteiger partial charge on any atom is 0.321 e. The highest BCUT2D eigenvalue weighted by atomic mass is 16.5. The fourth-order valence-corrected chi connectivity index (χ4v) is 3.09. The van der Waals surface area contributed by atoms with Crippen molar-refractivity contribution in [3.8, 4) is 11.1 Å². The molecular formula is C19H19NO4. The second kappa shape index (κ2) is 6.45. The predicted octanol–water partition coefficient (Wildman–Crippen LogP) is 2.39. The third-order valence-electron chi connectivity index (χ3n) is 4.25. The van der Waals surface area contributed by atoms with E-state index in [1.807, 2.05) is 48.5 Å². The molecule has 2 aromatic rings. The van der Waals surface area contributed by atoms with Gasteiger partial charge in [0.1, 0.15) is 6.58 Å². The second-order valence-electron chi connectivity index (χ2n) is 5.90. The Morgan fingerprint density at radius 2 is 1.67 bits per heavy atom. The Kier molecular flexibility index (Phi) is 4.01. The van der Waals surface area contributed by atoms with Crippen LogP contribution in [0.3, 0.4) is 0 Å². The highest BCUT2D eigenvalue weighted by Gasteiger charge is 2.34. The number of rotatable bonds is 5. The van der Waals surface area contributed by atoms with Gasteiger partial charge in [0.05, 0.1) is 1.37 Å². The van der Waals surface area contributed by atoms with Crippen LogP contribution in [0.25, 0.3) is 11.1 Å². The van der Waals surface area contributed by atoms with Crippen LogP contribution in [0.1, 0.15) is 25.3 Å². The molecule has 1 aliphatic rings. The third kappa shape index (κ3) is 2.78. The number of carboxylic acids is 1. The van der Waals surface area contributed by atoms with Crippen molar-refractivity contribution in [3.05, 3.63) is 59.7 Å². The van der Waals surface area contributed by atoms with Crippen molar-refractivity contribution in [1.29, 1.82) is 0 Å². The molecule has 0 heterocycles. The highest BCUT2D eigenvalue weighted by molar-refractivity contribution is 5.94. The number of aliphatic carboxylic acids is 1. The van der Waals surface area contributed by atoms with E-state index in [0.29, 0.717) is 0 Å². The third-order valence-corrected chi connectivity index (χ3v) is 4.25. The summed E-state index contributed by atoms with van der Waals surface area (Å²) in [4.78, 5) is 23.5. The van der Waals surface area contributed by atoms with Crippen LogP contribution in [0.5, 0.6) is 0 Å². The summed E-state index contributed by atoms with van der Waals surface area (Å²) in [5, 5.41) is 9.17. The average molecular weight is 326 g/mol. The molecule has 5 heteroatoms. The normalized spacial score (nSPS) is 17.2. The van der Waals surface area contributed by atoms with Gasteiger partial charge in [-0.15, -0.1) is 0 Å². The number of nitrogens with two attached hydrogens (primary N) is 1. The Bertz CT molecular complexity index is 775. The maximum absolute atomic E-state index is 12.2. The van der Waals surface area contributed by atoms with Crippen LogP contribution in [0.4, 0.5) is 0 Å². The highest BCUT2D eigenvalue weighted by Crippen LogP contribution is 2.44. The van der Waals surface area contributed by atoms with E-state index in [4.69, 9.17) is 16.9 Å². The van der Waals surface area contributed by atoms with Crippen LogP contribution in [-0.2, 0) is 14.3 Å². The molecule has 5 nitrogen and oxygen atoms in total. The quantitative estimate of drug-likeness (QED) is 0.650. The van der Waals surface area contributed by atoms with E-state index >= 15 is 0 Å². The number of carbonyl (C=O) groups is 2. The molecule has 0 saturated heterocycles. The Morgan fingerprint density at radius 3 is 2.12 bits per heavy atom. The first-order valence-electron chi connectivity index (χ1n) is 8.29. The Morgan fingerprint density at radius 1 is 1.17 bits per heavy atom. The van der Waals surface area contributed by atoms with Crippen LogP contribution in [-0.4, -0.2) is 29.7 Å². The molecule has 0 aliphatic heterocycles. The van der Waals surface area contributed by atoms with Gasteiger partial charge < -0.3 is 15.6 Å². The fourth-order valence-electron chi connectivity index (χ4n) is 3.09. The van der Waals surface area contributed by atoms with Crippen molar-refractivity contribution in [2.75, 3.05) is 6.58 Å². The molecular weight excluding hydrogens is 306 g/mol. The zero-order chi connectivity index (χ0) is 18.1. The van der Waals surface area contributed by atoms with Gasteiger partial charge in [-0.25, -0.2) is 0 Å². The van der Waals surface area contributed by atoms with Crippen LogP contribution in [0.15, 0.2) is 48.5 Å². The molecule has 1 aliphatic carbocycles. The summed E-state index contributed by atoms with van der Waals surface area (Å²) in [5.74, 6) is -4.28. The Labute approximate surface area is 141 Å². The summed E-state index contributed by atoms with van der Waals surface area (Å²) in [6.45, 7) is 0.178. The lowest BCUT2D eigenvalue weighted by Crippen LogP contribution is -2.40. The van der Waals surface area contributed by atoms with Gasteiger partial charge in [-0.3, -0.25) is 9.59 Å². The standard InChI is InChI=1S/C19H19NO4/c1-11(20)17(18(21)22)19(23)24-10-16-14-8-4-2-6-12(14)13-7-3-5-9-15(13)16/h2-9,11,16-17H,10,20H2,1H3,(H,21,22)/i10D. The number of carboxylic acid groups (broad SMARTS) is 1. The minimum atomic E-state index is -1.49. The van der Waals surface area contributed by atoms with Crippen LogP contribution in [0.2, 0.25) is 0 Å². The number of hydrogen-bond acceptors (Lipinski definition) is 4. The molecule has 24 heavy (non-hydrogen) atoms. The van der Waals surface area contributed by atoms with Crippen molar-refractivity contribution in [1.82, 2.24) is 0 Å². The number of esters is 1. The van der Waals surface area contributed by atoms with E-state index in [1.54, 1.807) is 0 Å². The van der Waals surface area contributed by atoms with E-state index in [2.05, 4.69) is 0 Å². The van der Waals surface area contributed by atoms with Gasteiger partial charge in [-0.1, -0.05) is 48.5 Å². The lowest BCUT2D eigenvalue weighted by molar-refractivity contribution is -0.159. The summed E-state index contributed by atoms with van der Waals surface area (Å²) in [6.07, 6.45) is 0. The van der Waals surface area contributed by atoms with Crippen LogP contribution < -0.4 is 5.73 Å². The van der Waals surface area contributed by atoms with Gasteiger partial charge >= 0.3 is 11.9 Å². The summed E-state index contributed by atoms with van der Waals surface area (Å²) in [6, 6.07) is 14.4. The summed E-state index contributed by atoms with van der Waals surface area (Å²) in [5.41, 5.74) is 9.36. The largest absolute Gasteiger partial charge is 0.481 e. The van der Waals surface area contributed by atoms with E-state index in [-0.39, 0.29) is 0 Å². The molecule has 0 amide bonds. The molecule has 2 aromatic carbocycles. The monoisotopic (exact) mass is 326 g/mol. The average Bonchev–Trinajstić information content (AvgIpc) is 2.88. The smallest absolute Gasteiger partial charge is 0.321 e. The van der Waals surface area contributed by atoms with Gasteiger partial charge in [0.25, 0.3) is 0 Å². The molecule has 0 aromatic heterocycles. The lowest BCUT2D eigenvalue weighted by atomic mass is 9.98. The minimum Gasteiger partial charge on any atom is -0.481 e. The first-order valence-corrected chi connectivity index (χ1v) is 7.71. The summed E-state index contributed by atoms with van der Waals surface area (Å²) < 4.78 is 13.6. The zero-order valence-electron chi connectivity index (χ0n) is 14.2. The summed E-state index contributed by atoms with van der Waals surface area (Å²) in [7, 11) is 0. The molecule has 3 unspecified atom stereocenters. The first-order chi connectivity index (χ1) is 11.9. The van der Waals surface area contributed by atoms with E-state index < -0.39 is 36.4 Å². The van der Waals surface area contributed by atoms with Gasteiger partial charge in [0, 0.05) is 12.0 Å². The van der Waals surface area contributed by atoms with Crippen molar-refractivity contribution in [3.63, 3.8) is 0 Å². The predicted molar refractivity (Wildman–Crippen MR) is 89.5 cm³/mol. The fraction of sp³-hybridized carbons (Fsp3) is 0.263. The maximum atomic E-state index is 12.2. The van der Waals surface area contributed by atoms with Crippen molar-refractivity contribution in [2.45, 2.75) is 18.9 Å². The van der Waals surface area contributed by atoms with Gasteiger partial charge in [0.2, 0.25) is 0 Å². The van der Waals surface area contributed by atoms with Crippen LogP contribution >= 0.6 is 0 Å². The molecule has 0 saturated carbocycles. The first kappa shape index (κ1) is 14.9. The lowest BCUT2D eigenvalue weighted by Gasteiger charge is -2.18. The number of ether oxygens (including phenoxy) is 1. The molecule has 0 bridgehead atoms. The van der Waals surface area contributed by atoms with Crippen LogP contribution in [0, 0.1) is 5.92 Å². The van der Waals surface area contributed by atoms with Crippen molar-refractivity contribution < 1.29 is 20.8 Å². The molecule has 3 N–H and O–H groups in total. The van der Waals surface area contributed by atoms with E-state index in [0.717, 1.165) is 22.3 Å². The van der Waals surface area contributed by atoms with Gasteiger partial charge in [0.15, 0.2) is 5.92 Å². The topological polar surface area (TPSA) is 89.6 Å². The number of hydrogen-bond donors (Lipinski definition) is 2. The summed E-state index contributed by atoms with van der Waals surface area (Å²) >= 11 is 0. The number of fused-ring (bicyclic) bond motifs is 3. The molecule has 124 valence electrons. The molecule has 0 fully saturated rings. The number of carbonyl (C=O) groups excluding carboxylic acids is 1. The van der Waals surface area contributed by atoms with Crippen molar-refractivity contribution in [2.24, 2.45) is 11.7 Å². The SMILES string of the molecule is [2H]C(OC(=O)C(C(=O)O)C(C)N)C1c2ccccc2-c2ccccc21. The number of benzene rings is 2.